The minimum Gasteiger partial charge on any atom is -0.264 e. The molecule has 10 aromatic rings. The molecule has 0 radical (unpaired) electrons. The first kappa shape index (κ1) is 31.4. The Hall–Kier alpha value is -7.37. The smallest absolute Gasteiger partial charge is 0.164 e. The van der Waals surface area contributed by atoms with Crippen molar-refractivity contribution in [3.63, 3.8) is 0 Å². The summed E-state index contributed by atoms with van der Waals surface area (Å²) in [7, 11) is 0. The molecule has 0 aliphatic heterocycles. The van der Waals surface area contributed by atoms with Crippen LogP contribution in [0.4, 0.5) is 0 Å². The summed E-state index contributed by atoms with van der Waals surface area (Å²) in [4.78, 5) is 25.0. The summed E-state index contributed by atoms with van der Waals surface area (Å²) in [6, 6.07) is 60.9. The molecule has 0 N–H and O–H groups in total. The number of hydrogen-bond acceptors (Lipinski definition) is 5. The second kappa shape index (κ2) is 13.3. The van der Waals surface area contributed by atoms with Crippen LogP contribution in [0.1, 0.15) is 0 Å². The Morgan fingerprint density at radius 3 is 1.57 bits per heavy atom. The van der Waals surface area contributed by atoms with E-state index in [0.29, 0.717) is 17.5 Å². The van der Waals surface area contributed by atoms with Crippen molar-refractivity contribution in [3.8, 4) is 67.7 Å². The van der Waals surface area contributed by atoms with E-state index in [1.165, 1.54) is 16.3 Å². The predicted molar refractivity (Wildman–Crippen MR) is 221 cm³/mol. The van der Waals surface area contributed by atoms with Gasteiger partial charge in [0, 0.05) is 45.4 Å². The summed E-state index contributed by atoms with van der Waals surface area (Å²) in [6.45, 7) is 0. The van der Waals surface area contributed by atoms with Gasteiger partial charge in [-0.1, -0.05) is 140 Å². The maximum atomic E-state index is 5.26. The number of para-hydroxylation sites is 1. The van der Waals surface area contributed by atoms with Gasteiger partial charge in [-0.05, 0) is 74.8 Å². The fourth-order valence-corrected chi connectivity index (χ4v) is 7.24. The first-order valence-corrected chi connectivity index (χ1v) is 18.0. The van der Waals surface area contributed by atoms with E-state index in [-0.39, 0.29) is 0 Å². The molecule has 0 amide bonds. The molecular weight excluding hydrogens is 659 g/mol. The zero-order valence-corrected chi connectivity index (χ0v) is 29.1. The van der Waals surface area contributed by atoms with Crippen molar-refractivity contribution in [3.05, 3.63) is 188 Å². The molecule has 0 bridgehead atoms. The van der Waals surface area contributed by atoms with Crippen molar-refractivity contribution in [2.75, 3.05) is 0 Å². The van der Waals surface area contributed by atoms with E-state index < -0.39 is 0 Å². The first-order chi connectivity index (χ1) is 26.7. The van der Waals surface area contributed by atoms with Gasteiger partial charge < -0.3 is 0 Å². The Morgan fingerprint density at radius 2 is 0.852 bits per heavy atom. The fourth-order valence-electron chi connectivity index (χ4n) is 7.24. The second-order valence-electron chi connectivity index (χ2n) is 13.4. The van der Waals surface area contributed by atoms with Crippen molar-refractivity contribution in [2.24, 2.45) is 0 Å². The van der Waals surface area contributed by atoms with Crippen LogP contribution in [0.2, 0.25) is 0 Å². The largest absolute Gasteiger partial charge is 0.264 e. The van der Waals surface area contributed by atoms with Crippen LogP contribution >= 0.6 is 0 Å². The number of aromatic nitrogens is 5. The quantitative estimate of drug-likeness (QED) is 0.163. The van der Waals surface area contributed by atoms with Crippen molar-refractivity contribution in [1.29, 1.82) is 0 Å². The van der Waals surface area contributed by atoms with Crippen LogP contribution in [0.5, 0.6) is 0 Å². The highest BCUT2D eigenvalue weighted by Gasteiger charge is 2.17. The van der Waals surface area contributed by atoms with Crippen LogP contribution in [0.25, 0.3) is 100 Å². The Labute approximate surface area is 312 Å². The molecule has 0 spiro atoms. The van der Waals surface area contributed by atoms with Gasteiger partial charge in [0.25, 0.3) is 0 Å². The van der Waals surface area contributed by atoms with Crippen LogP contribution in [-0.4, -0.2) is 24.9 Å². The van der Waals surface area contributed by atoms with E-state index in [9.17, 15) is 0 Å². The molecule has 5 nitrogen and oxygen atoms in total. The lowest BCUT2D eigenvalue weighted by atomic mass is 9.94. The van der Waals surface area contributed by atoms with E-state index in [0.717, 1.165) is 66.3 Å². The lowest BCUT2D eigenvalue weighted by Gasteiger charge is -2.14. The Bertz CT molecular complexity index is 2920. The predicted octanol–water partition coefficient (Wildman–Crippen LogP) is 12.1. The molecule has 0 saturated heterocycles. The molecule has 0 aliphatic rings. The molecule has 54 heavy (non-hydrogen) atoms. The summed E-state index contributed by atoms with van der Waals surface area (Å²) in [5.41, 5.74) is 9.89. The third-order valence-electron chi connectivity index (χ3n) is 9.97. The van der Waals surface area contributed by atoms with E-state index >= 15 is 0 Å². The molecule has 0 atom stereocenters. The summed E-state index contributed by atoms with van der Waals surface area (Å²) < 4.78 is 0. The monoisotopic (exact) mass is 689 g/mol. The van der Waals surface area contributed by atoms with Crippen LogP contribution in [0, 0.1) is 0 Å². The Balaban J connectivity index is 1.18. The molecule has 0 saturated carbocycles. The number of fused-ring (bicyclic) bond motifs is 4. The molecule has 3 heterocycles. The Kier molecular flexibility index (Phi) is 7.73. The SMILES string of the molecule is c1ccc(-c2nc(-c3ccccc3)nc(-c3cc(-c4ccc(-c5ccc6ccccc6c5)cc4)cc(-c4nc5ccccc5c5ccncc45)c3)n2)cc1. The summed E-state index contributed by atoms with van der Waals surface area (Å²) in [6.07, 6.45) is 3.76. The molecule has 5 heteroatoms. The summed E-state index contributed by atoms with van der Waals surface area (Å²) >= 11 is 0. The van der Waals surface area contributed by atoms with Gasteiger partial charge in [-0.15, -0.1) is 0 Å². The topological polar surface area (TPSA) is 64.5 Å². The van der Waals surface area contributed by atoms with Crippen molar-refractivity contribution >= 4 is 32.4 Å². The van der Waals surface area contributed by atoms with Gasteiger partial charge in [0.05, 0.1) is 11.2 Å². The summed E-state index contributed by atoms with van der Waals surface area (Å²) in [5, 5.41) is 5.64. The zero-order chi connectivity index (χ0) is 35.8. The molecule has 0 unspecified atom stereocenters. The van der Waals surface area contributed by atoms with Gasteiger partial charge in [0.2, 0.25) is 0 Å². The van der Waals surface area contributed by atoms with Crippen LogP contribution in [0.3, 0.4) is 0 Å². The second-order valence-corrected chi connectivity index (χ2v) is 13.4. The minimum atomic E-state index is 0.585. The van der Waals surface area contributed by atoms with Gasteiger partial charge in [0.15, 0.2) is 17.5 Å². The highest BCUT2D eigenvalue weighted by molar-refractivity contribution is 6.10. The molecular formula is C49H31N5. The van der Waals surface area contributed by atoms with Crippen LogP contribution < -0.4 is 0 Å². The number of pyridine rings is 2. The lowest BCUT2D eigenvalue weighted by Crippen LogP contribution is -2.00. The lowest BCUT2D eigenvalue weighted by molar-refractivity contribution is 1.07. The summed E-state index contributed by atoms with van der Waals surface area (Å²) in [5.74, 6) is 1.82. The van der Waals surface area contributed by atoms with Crippen LogP contribution in [-0.2, 0) is 0 Å². The van der Waals surface area contributed by atoms with E-state index in [1.807, 2.05) is 79.1 Å². The average molecular weight is 690 g/mol. The fraction of sp³-hybridized carbons (Fsp3) is 0. The van der Waals surface area contributed by atoms with Crippen LogP contribution in [0.15, 0.2) is 188 Å². The molecule has 252 valence electrons. The molecule has 7 aromatic carbocycles. The number of benzene rings is 7. The molecule has 3 aromatic heterocycles. The average Bonchev–Trinajstić information content (AvgIpc) is 3.26. The van der Waals surface area contributed by atoms with Gasteiger partial charge >= 0.3 is 0 Å². The van der Waals surface area contributed by atoms with E-state index in [1.54, 1.807) is 0 Å². The highest BCUT2D eigenvalue weighted by Crippen LogP contribution is 2.38. The minimum absolute atomic E-state index is 0.585. The molecule has 10 rings (SSSR count). The van der Waals surface area contributed by atoms with Crippen molar-refractivity contribution in [1.82, 2.24) is 24.9 Å². The Morgan fingerprint density at radius 1 is 0.296 bits per heavy atom. The maximum absolute atomic E-state index is 5.26. The maximum Gasteiger partial charge on any atom is 0.164 e. The van der Waals surface area contributed by atoms with E-state index in [4.69, 9.17) is 19.9 Å². The zero-order valence-electron chi connectivity index (χ0n) is 29.1. The van der Waals surface area contributed by atoms with Crippen molar-refractivity contribution in [2.45, 2.75) is 0 Å². The first-order valence-electron chi connectivity index (χ1n) is 18.0. The number of nitrogens with zero attached hydrogens (tertiary/aromatic N) is 5. The standard InChI is InChI=1S/C49H31N5/c1-3-12-35(13-4-1)47-52-48(36-14-5-2-6-15-36)54-49(53-47)41-29-39(34-21-19-33(20-22-34)38-24-23-32-11-7-8-16-37(32)27-38)28-40(30-41)46-44-31-50-26-25-42(44)43-17-9-10-18-45(43)51-46/h1-31H. The highest BCUT2D eigenvalue weighted by atomic mass is 15.0. The van der Waals surface area contributed by atoms with Gasteiger partial charge in [0.1, 0.15) is 0 Å². The third-order valence-corrected chi connectivity index (χ3v) is 9.97. The van der Waals surface area contributed by atoms with Gasteiger partial charge in [-0.25, -0.2) is 19.9 Å². The molecule has 0 fully saturated rings. The van der Waals surface area contributed by atoms with Gasteiger partial charge in [-0.3, -0.25) is 4.98 Å². The number of hydrogen-bond donors (Lipinski definition) is 0. The van der Waals surface area contributed by atoms with E-state index in [2.05, 4.69) is 114 Å². The number of rotatable bonds is 6. The molecule has 0 aliphatic carbocycles. The normalized spacial score (nSPS) is 11.3. The van der Waals surface area contributed by atoms with Crippen molar-refractivity contribution < 1.29 is 0 Å². The third kappa shape index (κ3) is 5.84. The van der Waals surface area contributed by atoms with Gasteiger partial charge in [-0.2, -0.15) is 0 Å².